The number of methoxy groups -OCH3 is 1. The van der Waals surface area contributed by atoms with Crippen molar-refractivity contribution in [2.75, 3.05) is 13.7 Å². The minimum atomic E-state index is -0.172. The van der Waals surface area contributed by atoms with Crippen molar-refractivity contribution in [3.8, 4) is 0 Å². The number of carbonyl (C=O) groups is 1. The van der Waals surface area contributed by atoms with Gasteiger partial charge in [0, 0.05) is 6.54 Å². The summed E-state index contributed by atoms with van der Waals surface area (Å²) in [5, 5.41) is 1.11. The van der Waals surface area contributed by atoms with Crippen molar-refractivity contribution >= 4 is 29.2 Å². The molecule has 1 atom stereocenters. The quantitative estimate of drug-likeness (QED) is 0.800. The van der Waals surface area contributed by atoms with Gasteiger partial charge in [-0.1, -0.05) is 41.8 Å². The van der Waals surface area contributed by atoms with Crippen LogP contribution in [-0.2, 0) is 16.1 Å². The third-order valence-electron chi connectivity index (χ3n) is 3.49. The van der Waals surface area contributed by atoms with Crippen LogP contribution in [0.15, 0.2) is 18.2 Å². The van der Waals surface area contributed by atoms with Gasteiger partial charge in [0.2, 0.25) is 0 Å². The van der Waals surface area contributed by atoms with E-state index in [9.17, 15) is 4.79 Å². The van der Waals surface area contributed by atoms with E-state index in [1.165, 1.54) is 7.11 Å². The lowest BCUT2D eigenvalue weighted by Gasteiger charge is -2.33. The van der Waals surface area contributed by atoms with Crippen molar-refractivity contribution in [3.63, 3.8) is 0 Å². The van der Waals surface area contributed by atoms with Gasteiger partial charge in [0.25, 0.3) is 0 Å². The molecule has 104 valence electrons. The van der Waals surface area contributed by atoms with E-state index in [0.717, 1.165) is 31.4 Å². The van der Waals surface area contributed by atoms with Crippen molar-refractivity contribution in [1.82, 2.24) is 4.90 Å². The molecule has 0 unspecified atom stereocenters. The highest BCUT2D eigenvalue weighted by Gasteiger charge is 2.29. The van der Waals surface area contributed by atoms with E-state index in [-0.39, 0.29) is 12.0 Å². The van der Waals surface area contributed by atoms with Crippen LogP contribution in [0.5, 0.6) is 0 Å². The second-order valence-corrected chi connectivity index (χ2v) is 5.50. The maximum atomic E-state index is 11.8. The van der Waals surface area contributed by atoms with Crippen molar-refractivity contribution in [2.24, 2.45) is 0 Å². The van der Waals surface area contributed by atoms with E-state index in [2.05, 4.69) is 4.90 Å². The van der Waals surface area contributed by atoms with E-state index < -0.39 is 0 Å². The van der Waals surface area contributed by atoms with Gasteiger partial charge in [-0.2, -0.15) is 0 Å². The first-order valence-electron chi connectivity index (χ1n) is 6.38. The van der Waals surface area contributed by atoms with Crippen LogP contribution in [-0.4, -0.2) is 30.6 Å². The van der Waals surface area contributed by atoms with E-state index in [1.54, 1.807) is 6.07 Å². The Morgan fingerprint density at radius 1 is 1.42 bits per heavy atom. The number of hydrogen-bond acceptors (Lipinski definition) is 3. The molecule has 0 radical (unpaired) electrons. The van der Waals surface area contributed by atoms with Gasteiger partial charge in [0.05, 0.1) is 17.2 Å². The molecule has 1 aromatic rings. The molecule has 1 aliphatic heterocycles. The third-order valence-corrected chi connectivity index (χ3v) is 4.35. The molecule has 3 nitrogen and oxygen atoms in total. The average molecular weight is 302 g/mol. The smallest absolute Gasteiger partial charge is 0.323 e. The molecule has 0 bridgehead atoms. The molecule has 1 fully saturated rings. The monoisotopic (exact) mass is 301 g/mol. The number of benzene rings is 1. The van der Waals surface area contributed by atoms with Gasteiger partial charge in [-0.15, -0.1) is 0 Å². The van der Waals surface area contributed by atoms with Crippen molar-refractivity contribution in [3.05, 3.63) is 33.8 Å². The second-order valence-electron chi connectivity index (χ2n) is 4.72. The van der Waals surface area contributed by atoms with Crippen LogP contribution >= 0.6 is 23.2 Å². The molecule has 1 saturated heterocycles. The molecule has 0 aromatic heterocycles. The van der Waals surface area contributed by atoms with Gasteiger partial charge in [0.1, 0.15) is 6.04 Å². The largest absolute Gasteiger partial charge is 0.468 e. The Labute approximate surface area is 123 Å². The first-order chi connectivity index (χ1) is 9.13. The van der Waals surface area contributed by atoms with Gasteiger partial charge < -0.3 is 4.74 Å². The fourth-order valence-electron chi connectivity index (χ4n) is 2.47. The fraction of sp³-hybridized carbons (Fsp3) is 0.500. The Morgan fingerprint density at radius 2 is 2.21 bits per heavy atom. The van der Waals surface area contributed by atoms with Crippen LogP contribution in [0.3, 0.4) is 0 Å². The van der Waals surface area contributed by atoms with Gasteiger partial charge in [-0.25, -0.2) is 0 Å². The molecule has 2 rings (SSSR count). The summed E-state index contributed by atoms with van der Waals surface area (Å²) in [7, 11) is 1.43. The summed E-state index contributed by atoms with van der Waals surface area (Å²) in [5.41, 5.74) is 0.949. The Balaban J connectivity index is 2.15. The molecule has 1 aromatic carbocycles. The van der Waals surface area contributed by atoms with E-state index >= 15 is 0 Å². The number of piperidine rings is 1. The zero-order chi connectivity index (χ0) is 13.8. The first-order valence-corrected chi connectivity index (χ1v) is 7.14. The normalized spacial score (nSPS) is 20.3. The second kappa shape index (κ2) is 6.60. The molecule has 5 heteroatoms. The molecule has 0 N–H and O–H groups in total. The molecular formula is C14H17Cl2NO2. The highest BCUT2D eigenvalue weighted by atomic mass is 35.5. The molecule has 1 aliphatic rings. The molecule has 0 amide bonds. The summed E-state index contributed by atoms with van der Waals surface area (Å²) in [4.78, 5) is 13.9. The zero-order valence-corrected chi connectivity index (χ0v) is 12.4. The van der Waals surface area contributed by atoms with E-state index in [4.69, 9.17) is 27.9 Å². The van der Waals surface area contributed by atoms with E-state index in [1.807, 2.05) is 12.1 Å². The Hall–Kier alpha value is -0.770. The molecule has 0 aliphatic carbocycles. The number of rotatable bonds is 3. The molecule has 0 spiro atoms. The topological polar surface area (TPSA) is 29.5 Å². The summed E-state index contributed by atoms with van der Waals surface area (Å²) in [6.07, 6.45) is 2.98. The number of nitrogens with zero attached hydrogens (tertiary/aromatic N) is 1. The Bertz CT molecular complexity index is 465. The predicted molar refractivity (Wildman–Crippen MR) is 76.5 cm³/mol. The summed E-state index contributed by atoms with van der Waals surface area (Å²) in [6.45, 7) is 1.50. The van der Waals surface area contributed by atoms with Gasteiger partial charge in [0.15, 0.2) is 0 Å². The summed E-state index contributed by atoms with van der Waals surface area (Å²) >= 11 is 12.2. The molecule has 19 heavy (non-hydrogen) atoms. The minimum absolute atomic E-state index is 0.169. The Kier molecular flexibility index (Phi) is 5.08. The lowest BCUT2D eigenvalue weighted by molar-refractivity contribution is -0.148. The van der Waals surface area contributed by atoms with Gasteiger partial charge >= 0.3 is 5.97 Å². The van der Waals surface area contributed by atoms with Crippen LogP contribution in [0.2, 0.25) is 10.0 Å². The standard InChI is InChI=1S/C14H17Cl2NO2/c1-19-14(18)12-7-2-3-8-17(12)9-10-5-4-6-11(15)13(10)16/h4-6,12H,2-3,7-9H2,1H3/t12-/m1/s1. The van der Waals surface area contributed by atoms with Crippen molar-refractivity contribution < 1.29 is 9.53 Å². The van der Waals surface area contributed by atoms with Crippen LogP contribution in [0.4, 0.5) is 0 Å². The lowest BCUT2D eigenvalue weighted by Crippen LogP contribution is -2.44. The predicted octanol–water partition coefficient (Wildman–Crippen LogP) is 3.52. The highest BCUT2D eigenvalue weighted by Crippen LogP contribution is 2.28. The maximum Gasteiger partial charge on any atom is 0.323 e. The third kappa shape index (κ3) is 3.41. The molecule has 1 heterocycles. The minimum Gasteiger partial charge on any atom is -0.468 e. The highest BCUT2D eigenvalue weighted by molar-refractivity contribution is 6.42. The number of carbonyl (C=O) groups excluding carboxylic acids is 1. The average Bonchev–Trinajstić information content (AvgIpc) is 2.43. The molecular weight excluding hydrogens is 285 g/mol. The summed E-state index contributed by atoms with van der Waals surface area (Å²) < 4.78 is 4.87. The Morgan fingerprint density at radius 3 is 2.95 bits per heavy atom. The zero-order valence-electron chi connectivity index (χ0n) is 10.9. The first kappa shape index (κ1) is 14.6. The number of likely N-dealkylation sites (tertiary alicyclic amines) is 1. The number of hydrogen-bond donors (Lipinski definition) is 0. The van der Waals surface area contributed by atoms with Crippen molar-refractivity contribution in [1.29, 1.82) is 0 Å². The number of halogens is 2. The van der Waals surface area contributed by atoms with Crippen molar-refractivity contribution in [2.45, 2.75) is 31.8 Å². The number of esters is 1. The summed E-state index contributed by atoms with van der Waals surface area (Å²) in [5.74, 6) is -0.169. The van der Waals surface area contributed by atoms with Gasteiger partial charge in [-0.3, -0.25) is 9.69 Å². The maximum absolute atomic E-state index is 11.8. The van der Waals surface area contributed by atoms with Crippen LogP contribution in [0.25, 0.3) is 0 Å². The van der Waals surface area contributed by atoms with Crippen LogP contribution < -0.4 is 0 Å². The fourth-order valence-corrected chi connectivity index (χ4v) is 2.85. The van der Waals surface area contributed by atoms with Gasteiger partial charge in [-0.05, 0) is 31.0 Å². The van der Waals surface area contributed by atoms with E-state index in [0.29, 0.717) is 16.6 Å². The summed E-state index contributed by atoms with van der Waals surface area (Å²) in [6, 6.07) is 5.41. The lowest BCUT2D eigenvalue weighted by atomic mass is 10.0. The van der Waals surface area contributed by atoms with Crippen LogP contribution in [0.1, 0.15) is 24.8 Å². The molecule has 0 saturated carbocycles. The SMILES string of the molecule is COC(=O)[C@H]1CCCCN1Cc1cccc(Cl)c1Cl. The van der Waals surface area contributed by atoms with Crippen LogP contribution in [0, 0.1) is 0 Å². The number of ether oxygens (including phenoxy) is 1.